The lowest BCUT2D eigenvalue weighted by Crippen LogP contribution is -2.43. The summed E-state index contributed by atoms with van der Waals surface area (Å²) in [5, 5.41) is 2.94. The van der Waals surface area contributed by atoms with Gasteiger partial charge in [-0.25, -0.2) is 0 Å². The highest BCUT2D eigenvalue weighted by atomic mass is 16.3. The number of hydrogen-bond donors (Lipinski definition) is 1. The van der Waals surface area contributed by atoms with Crippen LogP contribution in [0.4, 0.5) is 5.69 Å². The summed E-state index contributed by atoms with van der Waals surface area (Å²) in [5.41, 5.74) is 3.78. The van der Waals surface area contributed by atoms with Gasteiger partial charge in [0, 0.05) is 44.0 Å². The number of benzene rings is 2. The highest BCUT2D eigenvalue weighted by molar-refractivity contribution is 6.06. The zero-order valence-corrected chi connectivity index (χ0v) is 16.1. The van der Waals surface area contributed by atoms with Gasteiger partial charge in [-0.05, 0) is 36.4 Å². The van der Waals surface area contributed by atoms with Crippen LogP contribution in [-0.4, -0.2) is 48.9 Å². The molecule has 0 unspecified atom stereocenters. The van der Waals surface area contributed by atoms with Gasteiger partial charge in [-0.3, -0.25) is 9.69 Å². The monoisotopic (exact) mass is 375 g/mol. The molecule has 144 valence electrons. The second-order valence-corrected chi connectivity index (χ2v) is 7.26. The number of piperazine rings is 1. The quantitative estimate of drug-likeness (QED) is 0.734. The molecule has 4 rings (SSSR count). The summed E-state index contributed by atoms with van der Waals surface area (Å²) >= 11 is 0. The number of rotatable bonds is 5. The van der Waals surface area contributed by atoms with E-state index < -0.39 is 0 Å². The topological polar surface area (TPSA) is 48.7 Å². The summed E-state index contributed by atoms with van der Waals surface area (Å²) in [4.78, 5) is 17.5. The number of furan rings is 1. The Morgan fingerprint density at radius 3 is 2.39 bits per heavy atom. The number of nitrogens with zero attached hydrogens (tertiary/aromatic N) is 2. The summed E-state index contributed by atoms with van der Waals surface area (Å²) < 4.78 is 5.46. The largest absolute Gasteiger partial charge is 0.459 e. The van der Waals surface area contributed by atoms with E-state index in [1.165, 1.54) is 5.56 Å². The molecule has 3 aromatic rings. The Hall–Kier alpha value is -2.89. The first-order chi connectivity index (χ1) is 13.7. The maximum absolute atomic E-state index is 12.7. The van der Waals surface area contributed by atoms with Crippen LogP contribution in [0.1, 0.15) is 16.1 Å². The molecule has 5 nitrogen and oxygen atoms in total. The number of carbonyl (C=O) groups excluding carboxylic acids is 1. The van der Waals surface area contributed by atoms with Crippen molar-refractivity contribution in [3.63, 3.8) is 0 Å². The van der Waals surface area contributed by atoms with Crippen LogP contribution < -0.4 is 5.32 Å². The molecule has 5 heteroatoms. The zero-order chi connectivity index (χ0) is 19.3. The normalized spacial score (nSPS) is 15.5. The first-order valence-electron chi connectivity index (χ1n) is 9.63. The lowest BCUT2D eigenvalue weighted by atomic mass is 10.1. The van der Waals surface area contributed by atoms with E-state index in [2.05, 4.69) is 34.3 Å². The summed E-state index contributed by atoms with van der Waals surface area (Å²) in [7, 11) is 2.16. The molecule has 2 heterocycles. The van der Waals surface area contributed by atoms with E-state index >= 15 is 0 Å². The Labute approximate surface area is 165 Å². The Morgan fingerprint density at radius 2 is 1.68 bits per heavy atom. The molecular weight excluding hydrogens is 350 g/mol. The van der Waals surface area contributed by atoms with Crippen molar-refractivity contribution in [3.8, 4) is 11.1 Å². The van der Waals surface area contributed by atoms with Crippen molar-refractivity contribution in [2.45, 2.75) is 6.54 Å². The summed E-state index contributed by atoms with van der Waals surface area (Å²) in [6.45, 7) is 5.35. The van der Waals surface area contributed by atoms with Gasteiger partial charge in [0.2, 0.25) is 0 Å². The van der Waals surface area contributed by atoms with Crippen LogP contribution in [0.15, 0.2) is 71.3 Å². The lowest BCUT2D eigenvalue weighted by Gasteiger charge is -2.32. The predicted molar refractivity (Wildman–Crippen MR) is 111 cm³/mol. The fraction of sp³-hybridized carbons (Fsp3) is 0.261. The number of anilines is 1. The van der Waals surface area contributed by atoms with E-state index in [1.807, 2.05) is 48.5 Å². The van der Waals surface area contributed by atoms with Gasteiger partial charge in [0.15, 0.2) is 5.76 Å². The number of amides is 1. The highest BCUT2D eigenvalue weighted by Gasteiger charge is 2.17. The van der Waals surface area contributed by atoms with Gasteiger partial charge in [0.1, 0.15) is 0 Å². The Balaban J connectivity index is 1.40. The van der Waals surface area contributed by atoms with Gasteiger partial charge in [0.05, 0.1) is 6.26 Å². The second-order valence-electron chi connectivity index (χ2n) is 7.26. The number of carbonyl (C=O) groups is 1. The van der Waals surface area contributed by atoms with E-state index in [0.717, 1.165) is 49.5 Å². The predicted octanol–water partition coefficient (Wildman–Crippen LogP) is 3.95. The molecule has 0 radical (unpaired) electrons. The van der Waals surface area contributed by atoms with E-state index in [1.54, 1.807) is 6.26 Å². The lowest BCUT2D eigenvalue weighted by molar-refractivity contribution is 0.0997. The first-order valence-corrected chi connectivity index (χ1v) is 9.63. The van der Waals surface area contributed by atoms with Crippen LogP contribution in [0.2, 0.25) is 0 Å². The summed E-state index contributed by atoms with van der Waals surface area (Å²) in [6, 6.07) is 19.7. The average Bonchev–Trinajstić information content (AvgIpc) is 3.22. The molecule has 0 bridgehead atoms. The molecule has 2 aromatic carbocycles. The molecule has 0 spiro atoms. The first kappa shape index (κ1) is 18.5. The van der Waals surface area contributed by atoms with E-state index in [9.17, 15) is 4.79 Å². The highest BCUT2D eigenvalue weighted by Crippen LogP contribution is 2.25. The standard InChI is InChI=1S/C23H25N3O2/c1-25-12-14-26(15-13-25)17-18-7-9-20(10-8-18)24-23(27)22-21(11-16-28-22)19-5-3-2-4-6-19/h2-11,16H,12-15,17H2,1H3,(H,24,27). The van der Waals surface area contributed by atoms with Crippen LogP contribution in [0, 0.1) is 0 Å². The number of nitrogens with one attached hydrogen (secondary N) is 1. The Kier molecular flexibility index (Phi) is 5.55. The van der Waals surface area contributed by atoms with Crippen molar-refractivity contribution in [3.05, 3.63) is 78.3 Å². The molecule has 1 aromatic heterocycles. The van der Waals surface area contributed by atoms with Gasteiger partial charge < -0.3 is 14.6 Å². The van der Waals surface area contributed by atoms with Crippen LogP contribution in [0.5, 0.6) is 0 Å². The van der Waals surface area contributed by atoms with Crippen molar-refractivity contribution < 1.29 is 9.21 Å². The van der Waals surface area contributed by atoms with Crippen molar-refractivity contribution in [2.24, 2.45) is 0 Å². The van der Waals surface area contributed by atoms with Gasteiger partial charge in [0.25, 0.3) is 5.91 Å². The smallest absolute Gasteiger partial charge is 0.292 e. The van der Waals surface area contributed by atoms with Crippen molar-refractivity contribution in [1.29, 1.82) is 0 Å². The molecule has 1 fully saturated rings. The molecular formula is C23H25N3O2. The maximum Gasteiger partial charge on any atom is 0.292 e. The summed E-state index contributed by atoms with van der Waals surface area (Å²) in [6.07, 6.45) is 1.55. The fourth-order valence-corrected chi connectivity index (χ4v) is 3.48. The third kappa shape index (κ3) is 4.32. The third-order valence-corrected chi connectivity index (χ3v) is 5.17. The van der Waals surface area contributed by atoms with E-state index in [4.69, 9.17) is 4.42 Å². The van der Waals surface area contributed by atoms with E-state index in [-0.39, 0.29) is 5.91 Å². The van der Waals surface area contributed by atoms with Crippen LogP contribution in [0.25, 0.3) is 11.1 Å². The number of hydrogen-bond acceptors (Lipinski definition) is 4. The van der Waals surface area contributed by atoms with Crippen LogP contribution in [0.3, 0.4) is 0 Å². The van der Waals surface area contributed by atoms with Crippen molar-refractivity contribution in [2.75, 3.05) is 38.5 Å². The molecule has 1 N–H and O–H groups in total. The van der Waals surface area contributed by atoms with Crippen LogP contribution in [-0.2, 0) is 6.54 Å². The molecule has 28 heavy (non-hydrogen) atoms. The van der Waals surface area contributed by atoms with E-state index in [0.29, 0.717) is 5.76 Å². The fourth-order valence-electron chi connectivity index (χ4n) is 3.48. The van der Waals surface area contributed by atoms with Gasteiger partial charge in [-0.1, -0.05) is 42.5 Å². The van der Waals surface area contributed by atoms with Crippen molar-refractivity contribution in [1.82, 2.24) is 9.80 Å². The number of likely N-dealkylation sites (N-methyl/N-ethyl adjacent to an activating group) is 1. The third-order valence-electron chi connectivity index (χ3n) is 5.17. The molecule has 1 amide bonds. The zero-order valence-electron chi connectivity index (χ0n) is 16.1. The summed E-state index contributed by atoms with van der Waals surface area (Å²) in [5.74, 6) is 0.0865. The molecule has 0 aliphatic carbocycles. The molecule has 1 aliphatic rings. The van der Waals surface area contributed by atoms with Gasteiger partial charge in [-0.2, -0.15) is 0 Å². The minimum Gasteiger partial charge on any atom is -0.459 e. The van der Waals surface area contributed by atoms with Gasteiger partial charge in [-0.15, -0.1) is 0 Å². The van der Waals surface area contributed by atoms with Crippen LogP contribution >= 0.6 is 0 Å². The minimum absolute atomic E-state index is 0.240. The SMILES string of the molecule is CN1CCN(Cc2ccc(NC(=O)c3occc3-c3ccccc3)cc2)CC1. The maximum atomic E-state index is 12.7. The molecule has 1 aliphatic heterocycles. The average molecular weight is 375 g/mol. The van der Waals surface area contributed by atoms with Crippen molar-refractivity contribution >= 4 is 11.6 Å². The molecule has 0 atom stereocenters. The minimum atomic E-state index is -0.240. The van der Waals surface area contributed by atoms with Gasteiger partial charge >= 0.3 is 0 Å². The second kappa shape index (κ2) is 8.42. The molecule has 1 saturated heterocycles. The Bertz CT molecular complexity index is 911. The molecule has 0 saturated carbocycles. The Morgan fingerprint density at radius 1 is 0.964 bits per heavy atom.